The van der Waals surface area contributed by atoms with E-state index in [1.165, 1.54) is 12.1 Å². The third-order valence-electron chi connectivity index (χ3n) is 3.75. The number of esters is 1. The van der Waals surface area contributed by atoms with Crippen LogP contribution >= 0.6 is 0 Å². The molecule has 0 spiro atoms. The van der Waals surface area contributed by atoms with Gasteiger partial charge in [0, 0.05) is 17.2 Å². The van der Waals surface area contributed by atoms with Crippen LogP contribution in [0, 0.1) is 17.0 Å². The van der Waals surface area contributed by atoms with Crippen LogP contribution in [0.1, 0.15) is 16.7 Å². The van der Waals surface area contributed by atoms with E-state index in [1.807, 2.05) is 0 Å². The molecule has 7 heteroatoms. The van der Waals surface area contributed by atoms with E-state index in [0.717, 1.165) is 5.56 Å². The lowest BCUT2D eigenvalue weighted by molar-refractivity contribution is -0.385. The van der Waals surface area contributed by atoms with Gasteiger partial charge >= 0.3 is 5.97 Å². The van der Waals surface area contributed by atoms with Gasteiger partial charge in [-0.1, -0.05) is 18.2 Å². The van der Waals surface area contributed by atoms with Gasteiger partial charge in [-0.2, -0.15) is 0 Å². The summed E-state index contributed by atoms with van der Waals surface area (Å²) in [6.07, 6.45) is 1.57. The molecular formula is C18H14N2O5. The van der Waals surface area contributed by atoms with Crippen LogP contribution in [-0.4, -0.2) is 23.9 Å². The normalized spacial score (nSPS) is 15.0. The summed E-state index contributed by atoms with van der Waals surface area (Å²) in [5.74, 6) is 0.100. The van der Waals surface area contributed by atoms with Crippen LogP contribution in [-0.2, 0) is 9.53 Å². The van der Waals surface area contributed by atoms with Crippen molar-refractivity contribution in [3.63, 3.8) is 0 Å². The van der Waals surface area contributed by atoms with Crippen molar-refractivity contribution in [1.82, 2.24) is 0 Å². The summed E-state index contributed by atoms with van der Waals surface area (Å²) in [5.41, 5.74) is 1.60. The molecule has 0 N–H and O–H groups in total. The van der Waals surface area contributed by atoms with E-state index in [2.05, 4.69) is 4.99 Å². The molecule has 0 aliphatic carbocycles. The van der Waals surface area contributed by atoms with E-state index in [-0.39, 0.29) is 17.3 Å². The molecule has 0 saturated carbocycles. The minimum atomic E-state index is -0.608. The number of methoxy groups -OCH3 is 1. The van der Waals surface area contributed by atoms with Gasteiger partial charge in [0.1, 0.15) is 5.75 Å². The van der Waals surface area contributed by atoms with Crippen molar-refractivity contribution in [1.29, 1.82) is 0 Å². The number of nitro benzene ring substituents is 1. The smallest absolute Gasteiger partial charge is 0.363 e. The lowest BCUT2D eigenvalue weighted by atomic mass is 10.1. The number of hydrogen-bond donors (Lipinski definition) is 0. The first-order chi connectivity index (χ1) is 12.0. The lowest BCUT2D eigenvalue weighted by Crippen LogP contribution is -2.08. The zero-order valence-corrected chi connectivity index (χ0v) is 13.6. The maximum atomic E-state index is 12.1. The Balaban J connectivity index is 1.99. The monoisotopic (exact) mass is 338 g/mol. The molecule has 1 aliphatic rings. The second kappa shape index (κ2) is 6.56. The predicted octanol–water partition coefficient (Wildman–Crippen LogP) is 3.26. The van der Waals surface area contributed by atoms with Crippen LogP contribution in [0.3, 0.4) is 0 Å². The van der Waals surface area contributed by atoms with E-state index in [1.54, 1.807) is 50.4 Å². The Hall–Kier alpha value is -3.48. The van der Waals surface area contributed by atoms with Crippen molar-refractivity contribution in [2.75, 3.05) is 7.11 Å². The third-order valence-corrected chi connectivity index (χ3v) is 3.75. The molecule has 126 valence electrons. The molecule has 1 heterocycles. The quantitative estimate of drug-likeness (QED) is 0.369. The Labute approximate surface area is 143 Å². The summed E-state index contributed by atoms with van der Waals surface area (Å²) < 4.78 is 10.3. The van der Waals surface area contributed by atoms with Crippen molar-refractivity contribution in [2.45, 2.75) is 6.92 Å². The van der Waals surface area contributed by atoms with E-state index in [9.17, 15) is 14.9 Å². The van der Waals surface area contributed by atoms with Gasteiger partial charge in [0.05, 0.1) is 12.0 Å². The van der Waals surface area contributed by atoms with Crippen molar-refractivity contribution in [3.8, 4) is 5.75 Å². The zero-order chi connectivity index (χ0) is 18.0. The van der Waals surface area contributed by atoms with E-state index in [0.29, 0.717) is 16.9 Å². The van der Waals surface area contributed by atoms with Gasteiger partial charge in [0.25, 0.3) is 5.69 Å². The van der Waals surface area contributed by atoms with Gasteiger partial charge in [-0.15, -0.1) is 0 Å². The van der Waals surface area contributed by atoms with Crippen molar-refractivity contribution >= 4 is 23.6 Å². The minimum Gasteiger partial charge on any atom is -0.497 e. The molecule has 0 unspecified atom stereocenters. The van der Waals surface area contributed by atoms with Gasteiger partial charge in [-0.3, -0.25) is 10.1 Å². The van der Waals surface area contributed by atoms with Crippen LogP contribution in [0.15, 0.2) is 53.2 Å². The summed E-state index contributed by atoms with van der Waals surface area (Å²) in [4.78, 5) is 26.8. The summed E-state index contributed by atoms with van der Waals surface area (Å²) >= 11 is 0. The number of cyclic esters (lactones) is 1. The number of aliphatic imine (C=N–C) groups is 1. The number of ether oxygens (including phenoxy) is 2. The minimum absolute atomic E-state index is 0.0542. The van der Waals surface area contributed by atoms with Crippen LogP contribution in [0.25, 0.3) is 6.08 Å². The number of carbonyl (C=O) groups excluding carboxylic acids is 1. The van der Waals surface area contributed by atoms with Gasteiger partial charge < -0.3 is 9.47 Å². The van der Waals surface area contributed by atoms with E-state index >= 15 is 0 Å². The highest BCUT2D eigenvalue weighted by atomic mass is 16.6. The maximum absolute atomic E-state index is 12.1. The molecule has 7 nitrogen and oxygen atoms in total. The Morgan fingerprint density at radius 1 is 1.24 bits per heavy atom. The molecule has 0 saturated heterocycles. The van der Waals surface area contributed by atoms with Gasteiger partial charge in [-0.05, 0) is 36.8 Å². The standard InChI is InChI=1S/C18H14N2O5/c1-11-14(7-4-8-16(11)20(22)23)17-19-15(18(21)25-17)10-12-5-3-6-13(9-12)24-2/h3-10H,1-2H3. The van der Waals surface area contributed by atoms with Crippen molar-refractivity contribution < 1.29 is 19.2 Å². The second-order valence-electron chi connectivity index (χ2n) is 5.32. The number of rotatable bonds is 4. The Morgan fingerprint density at radius 3 is 2.72 bits per heavy atom. The van der Waals surface area contributed by atoms with Crippen LogP contribution < -0.4 is 4.74 Å². The first-order valence-electron chi connectivity index (χ1n) is 7.40. The molecule has 0 bridgehead atoms. The fraction of sp³-hybridized carbons (Fsp3) is 0.111. The molecule has 0 atom stereocenters. The van der Waals surface area contributed by atoms with E-state index in [4.69, 9.17) is 9.47 Å². The molecular weight excluding hydrogens is 324 g/mol. The highest BCUT2D eigenvalue weighted by Crippen LogP contribution is 2.26. The average Bonchev–Trinajstić information content (AvgIpc) is 2.95. The predicted molar refractivity (Wildman–Crippen MR) is 91.4 cm³/mol. The molecule has 0 radical (unpaired) electrons. The zero-order valence-electron chi connectivity index (χ0n) is 13.6. The van der Waals surface area contributed by atoms with Crippen LogP contribution in [0.2, 0.25) is 0 Å². The van der Waals surface area contributed by atoms with Crippen LogP contribution in [0.4, 0.5) is 5.69 Å². The SMILES string of the molecule is COc1cccc(C=C2N=C(c3cccc([N+](=O)[O-])c3C)OC2=O)c1. The third kappa shape index (κ3) is 3.25. The van der Waals surface area contributed by atoms with Gasteiger partial charge in [0.2, 0.25) is 5.90 Å². The molecule has 0 amide bonds. The molecule has 2 aromatic carbocycles. The maximum Gasteiger partial charge on any atom is 0.363 e. The summed E-state index contributed by atoms with van der Waals surface area (Å²) in [6.45, 7) is 1.59. The number of nitrogens with zero attached hydrogens (tertiary/aromatic N) is 2. The molecule has 1 aliphatic heterocycles. The summed E-state index contributed by atoms with van der Waals surface area (Å²) in [5, 5.41) is 11.1. The molecule has 0 aromatic heterocycles. The lowest BCUT2D eigenvalue weighted by Gasteiger charge is -2.04. The first kappa shape index (κ1) is 16.4. The number of benzene rings is 2. The summed E-state index contributed by atoms with van der Waals surface area (Å²) in [6, 6.07) is 11.7. The molecule has 2 aromatic rings. The van der Waals surface area contributed by atoms with Crippen LogP contribution in [0.5, 0.6) is 5.75 Å². The van der Waals surface area contributed by atoms with Gasteiger partial charge in [-0.25, -0.2) is 9.79 Å². The molecule has 25 heavy (non-hydrogen) atoms. The number of hydrogen-bond acceptors (Lipinski definition) is 6. The highest BCUT2D eigenvalue weighted by molar-refractivity contribution is 6.13. The Bertz CT molecular complexity index is 931. The fourth-order valence-corrected chi connectivity index (χ4v) is 2.47. The molecule has 3 rings (SSSR count). The first-order valence-corrected chi connectivity index (χ1v) is 7.40. The van der Waals surface area contributed by atoms with Crippen molar-refractivity contribution in [3.05, 3.63) is 75.0 Å². The molecule has 0 fully saturated rings. The van der Waals surface area contributed by atoms with Crippen molar-refractivity contribution in [2.24, 2.45) is 4.99 Å². The van der Waals surface area contributed by atoms with Gasteiger partial charge in [0.15, 0.2) is 5.70 Å². The average molecular weight is 338 g/mol. The largest absolute Gasteiger partial charge is 0.497 e. The topological polar surface area (TPSA) is 91.0 Å². The number of carbonyl (C=O) groups is 1. The van der Waals surface area contributed by atoms with E-state index < -0.39 is 10.9 Å². The highest BCUT2D eigenvalue weighted by Gasteiger charge is 2.27. The summed E-state index contributed by atoms with van der Waals surface area (Å²) in [7, 11) is 1.55. The number of nitro groups is 1. The Morgan fingerprint density at radius 2 is 2.00 bits per heavy atom. The fourth-order valence-electron chi connectivity index (χ4n) is 2.47. The second-order valence-corrected chi connectivity index (χ2v) is 5.32. The Kier molecular flexibility index (Phi) is 4.30.